The van der Waals surface area contributed by atoms with Crippen LogP contribution in [0.1, 0.15) is 51.8 Å². The van der Waals surface area contributed by atoms with Gasteiger partial charge in [-0.25, -0.2) is 4.98 Å². The van der Waals surface area contributed by atoms with Crippen LogP contribution < -0.4 is 5.32 Å². The zero-order valence-electron chi connectivity index (χ0n) is 17.2. The van der Waals surface area contributed by atoms with Crippen molar-refractivity contribution in [3.8, 4) is 11.3 Å². The van der Waals surface area contributed by atoms with Gasteiger partial charge in [0.25, 0.3) is 11.6 Å². The van der Waals surface area contributed by atoms with Crippen molar-refractivity contribution in [1.82, 2.24) is 15.1 Å². The SMILES string of the molecule is Cc1cc(C)c(NC(=O)c2cc(C3CC3)nc3onc(-c4ccccc4)c23)c(C)n1. The molecule has 1 N–H and O–H groups in total. The van der Waals surface area contributed by atoms with Crippen LogP contribution >= 0.6 is 0 Å². The van der Waals surface area contributed by atoms with E-state index in [2.05, 4.69) is 20.4 Å². The lowest BCUT2D eigenvalue weighted by Crippen LogP contribution is -2.16. The average Bonchev–Trinajstić information content (AvgIpc) is 3.49. The molecule has 6 heteroatoms. The van der Waals surface area contributed by atoms with Crippen LogP contribution in [0.4, 0.5) is 5.69 Å². The number of fused-ring (bicyclic) bond motifs is 1. The van der Waals surface area contributed by atoms with Gasteiger partial charge in [0.2, 0.25) is 0 Å². The minimum absolute atomic E-state index is 0.207. The van der Waals surface area contributed by atoms with E-state index in [1.807, 2.05) is 63.2 Å². The summed E-state index contributed by atoms with van der Waals surface area (Å²) in [6.45, 7) is 5.83. The van der Waals surface area contributed by atoms with Crippen LogP contribution in [-0.4, -0.2) is 21.0 Å². The second kappa shape index (κ2) is 7.06. The average molecular weight is 398 g/mol. The molecule has 1 saturated carbocycles. The number of nitrogens with zero attached hydrogens (tertiary/aromatic N) is 3. The molecule has 0 spiro atoms. The van der Waals surface area contributed by atoms with E-state index in [1.54, 1.807) is 0 Å². The molecule has 5 rings (SSSR count). The summed E-state index contributed by atoms with van der Waals surface area (Å²) in [6, 6.07) is 13.6. The smallest absolute Gasteiger partial charge is 0.259 e. The molecule has 1 aromatic carbocycles. The van der Waals surface area contributed by atoms with Crippen molar-refractivity contribution in [2.45, 2.75) is 39.5 Å². The summed E-state index contributed by atoms with van der Waals surface area (Å²) in [4.78, 5) is 22.6. The largest absolute Gasteiger partial charge is 0.335 e. The van der Waals surface area contributed by atoms with Crippen molar-refractivity contribution >= 4 is 22.7 Å². The Bertz CT molecular complexity index is 1250. The number of nitrogens with one attached hydrogen (secondary N) is 1. The van der Waals surface area contributed by atoms with Crippen molar-refractivity contribution in [1.29, 1.82) is 0 Å². The molecule has 30 heavy (non-hydrogen) atoms. The zero-order valence-corrected chi connectivity index (χ0v) is 17.2. The second-order valence-electron chi connectivity index (χ2n) is 7.94. The Morgan fingerprint density at radius 1 is 1.07 bits per heavy atom. The number of anilines is 1. The number of aryl methyl sites for hydroxylation is 3. The lowest BCUT2D eigenvalue weighted by molar-refractivity contribution is 0.102. The van der Waals surface area contributed by atoms with Crippen LogP contribution in [0.25, 0.3) is 22.4 Å². The summed E-state index contributed by atoms with van der Waals surface area (Å²) in [5.41, 5.74) is 6.77. The number of hydrogen-bond donors (Lipinski definition) is 1. The van der Waals surface area contributed by atoms with Crippen molar-refractivity contribution in [3.63, 3.8) is 0 Å². The number of aromatic nitrogens is 3. The Morgan fingerprint density at radius 2 is 1.83 bits per heavy atom. The normalized spacial score (nSPS) is 13.6. The first-order valence-corrected chi connectivity index (χ1v) is 10.1. The van der Waals surface area contributed by atoms with E-state index < -0.39 is 0 Å². The van der Waals surface area contributed by atoms with Crippen LogP contribution in [0.15, 0.2) is 47.0 Å². The molecule has 1 fully saturated rings. The molecule has 6 nitrogen and oxygen atoms in total. The van der Waals surface area contributed by atoms with Gasteiger partial charge in [-0.1, -0.05) is 35.5 Å². The maximum atomic E-state index is 13.5. The number of carbonyl (C=O) groups is 1. The van der Waals surface area contributed by atoms with Crippen molar-refractivity contribution in [3.05, 3.63) is 70.7 Å². The lowest BCUT2D eigenvalue weighted by Gasteiger charge is -2.13. The molecule has 0 saturated heterocycles. The number of amides is 1. The van der Waals surface area contributed by atoms with Gasteiger partial charge in [0, 0.05) is 22.9 Å². The van der Waals surface area contributed by atoms with E-state index >= 15 is 0 Å². The standard InChI is InChI=1S/C24H22N4O2/c1-13-11-14(2)25-15(3)21(13)27-23(29)18-12-19(16-9-10-16)26-24-20(18)22(28-30-24)17-7-5-4-6-8-17/h4-8,11-12,16H,9-10H2,1-3H3,(H,27,29). The van der Waals surface area contributed by atoms with Crippen LogP contribution in [0, 0.1) is 20.8 Å². The molecular weight excluding hydrogens is 376 g/mol. The first-order valence-electron chi connectivity index (χ1n) is 10.1. The number of hydrogen-bond acceptors (Lipinski definition) is 5. The van der Waals surface area contributed by atoms with Gasteiger partial charge in [-0.05, 0) is 51.3 Å². The Balaban J connectivity index is 1.65. The Morgan fingerprint density at radius 3 is 2.53 bits per heavy atom. The molecule has 0 atom stereocenters. The summed E-state index contributed by atoms with van der Waals surface area (Å²) in [7, 11) is 0. The highest BCUT2D eigenvalue weighted by Gasteiger charge is 2.29. The summed E-state index contributed by atoms with van der Waals surface area (Å²) in [6.07, 6.45) is 2.17. The van der Waals surface area contributed by atoms with Crippen LogP contribution in [0.3, 0.4) is 0 Å². The van der Waals surface area contributed by atoms with Gasteiger partial charge in [0.1, 0.15) is 5.69 Å². The van der Waals surface area contributed by atoms with Crippen molar-refractivity contribution < 1.29 is 9.32 Å². The Kier molecular flexibility index (Phi) is 4.35. The highest BCUT2D eigenvalue weighted by atomic mass is 16.5. The number of pyridine rings is 2. The summed E-state index contributed by atoms with van der Waals surface area (Å²) in [5, 5.41) is 7.96. The van der Waals surface area contributed by atoms with Gasteiger partial charge in [0.05, 0.1) is 22.3 Å². The fraction of sp³-hybridized carbons (Fsp3) is 0.250. The monoisotopic (exact) mass is 398 g/mol. The number of rotatable bonds is 4. The summed E-state index contributed by atoms with van der Waals surface area (Å²) in [5.74, 6) is 0.178. The van der Waals surface area contributed by atoms with Crippen molar-refractivity contribution in [2.75, 3.05) is 5.32 Å². The summed E-state index contributed by atoms with van der Waals surface area (Å²) < 4.78 is 5.57. The fourth-order valence-electron chi connectivity index (χ4n) is 3.92. The number of carbonyl (C=O) groups excluding carboxylic acids is 1. The van der Waals surface area contributed by atoms with E-state index in [4.69, 9.17) is 4.52 Å². The topological polar surface area (TPSA) is 80.9 Å². The molecule has 1 aliphatic carbocycles. The van der Waals surface area contributed by atoms with E-state index in [0.29, 0.717) is 28.3 Å². The molecule has 0 bridgehead atoms. The maximum absolute atomic E-state index is 13.5. The van der Waals surface area contributed by atoms with Crippen LogP contribution in [0.2, 0.25) is 0 Å². The van der Waals surface area contributed by atoms with E-state index in [-0.39, 0.29) is 5.91 Å². The first kappa shape index (κ1) is 18.5. The molecule has 0 unspecified atom stereocenters. The Hall–Kier alpha value is -3.54. The van der Waals surface area contributed by atoms with Gasteiger partial charge in [0.15, 0.2) is 0 Å². The third kappa shape index (κ3) is 3.24. The molecule has 3 aromatic heterocycles. The third-order valence-electron chi connectivity index (χ3n) is 5.52. The predicted octanol–water partition coefficient (Wildman–Crippen LogP) is 5.34. The zero-order chi connectivity index (χ0) is 20.8. The van der Waals surface area contributed by atoms with Gasteiger partial charge in [-0.2, -0.15) is 0 Å². The quantitative estimate of drug-likeness (QED) is 0.502. The minimum atomic E-state index is -0.207. The maximum Gasteiger partial charge on any atom is 0.259 e. The van der Waals surface area contributed by atoms with Crippen LogP contribution in [-0.2, 0) is 0 Å². The molecule has 1 amide bonds. The predicted molar refractivity (Wildman–Crippen MR) is 116 cm³/mol. The van der Waals surface area contributed by atoms with Crippen molar-refractivity contribution in [2.24, 2.45) is 0 Å². The Labute approximate surface area is 174 Å². The molecule has 1 aliphatic rings. The molecule has 150 valence electrons. The summed E-state index contributed by atoms with van der Waals surface area (Å²) >= 11 is 0. The minimum Gasteiger partial charge on any atom is -0.335 e. The fourth-order valence-corrected chi connectivity index (χ4v) is 3.92. The van der Waals surface area contributed by atoms with Gasteiger partial charge in [-0.3, -0.25) is 9.78 Å². The van der Waals surface area contributed by atoms with Gasteiger partial charge < -0.3 is 9.84 Å². The van der Waals surface area contributed by atoms with Crippen LogP contribution in [0.5, 0.6) is 0 Å². The molecule has 4 aromatic rings. The van der Waals surface area contributed by atoms with E-state index in [9.17, 15) is 4.79 Å². The third-order valence-corrected chi connectivity index (χ3v) is 5.52. The highest BCUT2D eigenvalue weighted by Crippen LogP contribution is 2.41. The molecular formula is C24H22N4O2. The molecule has 3 heterocycles. The molecule has 0 radical (unpaired) electrons. The van der Waals surface area contributed by atoms with E-state index in [0.717, 1.165) is 46.7 Å². The lowest BCUT2D eigenvalue weighted by atomic mass is 10.0. The van der Waals surface area contributed by atoms with Gasteiger partial charge in [-0.15, -0.1) is 0 Å². The molecule has 0 aliphatic heterocycles. The second-order valence-corrected chi connectivity index (χ2v) is 7.94. The van der Waals surface area contributed by atoms with E-state index in [1.165, 1.54) is 0 Å². The first-order chi connectivity index (χ1) is 14.5. The highest BCUT2D eigenvalue weighted by molar-refractivity contribution is 6.15. The number of benzene rings is 1. The van der Waals surface area contributed by atoms with Gasteiger partial charge >= 0.3 is 0 Å².